The van der Waals surface area contributed by atoms with Crippen molar-refractivity contribution in [2.45, 2.75) is 28.6 Å². The van der Waals surface area contributed by atoms with E-state index >= 15 is 0 Å². The van der Waals surface area contributed by atoms with Crippen molar-refractivity contribution in [1.29, 1.82) is 0 Å². The van der Waals surface area contributed by atoms with Gasteiger partial charge in [0.25, 0.3) is 0 Å². The van der Waals surface area contributed by atoms with Crippen LogP contribution in [0.3, 0.4) is 0 Å². The van der Waals surface area contributed by atoms with Crippen LogP contribution in [-0.4, -0.2) is 60.9 Å². The standard InChI is InChI=1S/C12H17N5O4S2/c1-22(18,19)11-7-15-16-12(11)9-3-2-4-17(8-9)23(20,21)10-5-13-14-6-10/h5-7,9H,2-4,8H2,1H3,(H,13,14)(H,15,16). The number of nitrogens with zero attached hydrogens (tertiary/aromatic N) is 3. The first-order chi connectivity index (χ1) is 10.8. The molecule has 2 aromatic heterocycles. The maximum absolute atomic E-state index is 12.6. The zero-order chi connectivity index (χ0) is 16.7. The van der Waals surface area contributed by atoms with Gasteiger partial charge in [-0.15, -0.1) is 0 Å². The molecule has 1 atom stereocenters. The van der Waals surface area contributed by atoms with E-state index in [9.17, 15) is 16.8 Å². The van der Waals surface area contributed by atoms with Gasteiger partial charge in [0.05, 0.1) is 18.1 Å². The molecule has 2 aromatic rings. The van der Waals surface area contributed by atoms with E-state index in [0.29, 0.717) is 25.1 Å². The SMILES string of the molecule is CS(=O)(=O)c1cn[nH]c1C1CCCN(S(=O)(=O)c2cn[nH]c2)C1. The largest absolute Gasteiger partial charge is 0.284 e. The van der Waals surface area contributed by atoms with E-state index in [1.54, 1.807) is 0 Å². The van der Waals surface area contributed by atoms with Crippen LogP contribution in [0, 0.1) is 0 Å². The third kappa shape index (κ3) is 3.03. The molecule has 0 aromatic carbocycles. The van der Waals surface area contributed by atoms with Gasteiger partial charge < -0.3 is 0 Å². The molecule has 0 saturated carbocycles. The van der Waals surface area contributed by atoms with E-state index in [-0.39, 0.29) is 22.3 Å². The van der Waals surface area contributed by atoms with Crippen LogP contribution in [-0.2, 0) is 19.9 Å². The molecule has 0 amide bonds. The van der Waals surface area contributed by atoms with Crippen LogP contribution >= 0.6 is 0 Å². The lowest BCUT2D eigenvalue weighted by molar-refractivity contribution is 0.310. The summed E-state index contributed by atoms with van der Waals surface area (Å²) in [5, 5.41) is 12.7. The summed E-state index contributed by atoms with van der Waals surface area (Å²) < 4.78 is 50.1. The Balaban J connectivity index is 1.89. The molecule has 2 N–H and O–H groups in total. The fourth-order valence-electron chi connectivity index (χ4n) is 2.80. The molecule has 3 heterocycles. The topological polar surface area (TPSA) is 129 Å². The van der Waals surface area contributed by atoms with Crippen LogP contribution in [0.5, 0.6) is 0 Å². The Morgan fingerprint density at radius 1 is 1.22 bits per heavy atom. The van der Waals surface area contributed by atoms with E-state index < -0.39 is 19.9 Å². The number of hydrogen-bond donors (Lipinski definition) is 2. The lowest BCUT2D eigenvalue weighted by Crippen LogP contribution is -2.39. The second-order valence-corrected chi connectivity index (χ2v) is 9.48. The number of rotatable bonds is 4. The Labute approximate surface area is 134 Å². The number of hydrogen-bond acceptors (Lipinski definition) is 6. The summed E-state index contributed by atoms with van der Waals surface area (Å²) in [6, 6.07) is 0. The summed E-state index contributed by atoms with van der Waals surface area (Å²) >= 11 is 0. The van der Waals surface area contributed by atoms with Crippen molar-refractivity contribution in [2.24, 2.45) is 0 Å². The maximum atomic E-state index is 12.6. The molecule has 9 nitrogen and oxygen atoms in total. The number of aromatic nitrogens is 4. The molecule has 0 radical (unpaired) electrons. The van der Waals surface area contributed by atoms with Crippen LogP contribution in [0.15, 0.2) is 28.4 Å². The molecule has 23 heavy (non-hydrogen) atoms. The van der Waals surface area contributed by atoms with Gasteiger partial charge in [0.15, 0.2) is 9.84 Å². The summed E-state index contributed by atoms with van der Waals surface area (Å²) in [7, 11) is -7.05. The smallest absolute Gasteiger partial charge is 0.246 e. The molecule has 1 aliphatic heterocycles. The average molecular weight is 359 g/mol. The average Bonchev–Trinajstić information content (AvgIpc) is 3.18. The van der Waals surface area contributed by atoms with Crippen molar-refractivity contribution < 1.29 is 16.8 Å². The van der Waals surface area contributed by atoms with E-state index in [4.69, 9.17) is 0 Å². The van der Waals surface area contributed by atoms with Crippen LogP contribution in [0.2, 0.25) is 0 Å². The minimum Gasteiger partial charge on any atom is -0.284 e. The molecular formula is C12H17N5O4S2. The molecule has 11 heteroatoms. The Bertz CT molecular complexity index is 886. The van der Waals surface area contributed by atoms with E-state index in [1.807, 2.05) is 0 Å². The Morgan fingerprint density at radius 3 is 2.65 bits per heavy atom. The van der Waals surface area contributed by atoms with E-state index in [0.717, 1.165) is 6.26 Å². The summed E-state index contributed by atoms with van der Waals surface area (Å²) in [4.78, 5) is 0.233. The number of sulfonamides is 1. The number of H-pyrrole nitrogens is 2. The van der Waals surface area contributed by atoms with Gasteiger partial charge in [-0.25, -0.2) is 16.8 Å². The Hall–Kier alpha value is -1.72. The highest BCUT2D eigenvalue weighted by Gasteiger charge is 2.34. The molecular weight excluding hydrogens is 342 g/mol. The Kier molecular flexibility index (Phi) is 4.02. The first-order valence-electron chi connectivity index (χ1n) is 7.02. The minimum absolute atomic E-state index is 0.103. The molecule has 0 aliphatic carbocycles. The first kappa shape index (κ1) is 16.1. The Morgan fingerprint density at radius 2 is 2.00 bits per heavy atom. The van der Waals surface area contributed by atoms with E-state index in [2.05, 4.69) is 20.4 Å². The second kappa shape index (κ2) is 5.73. The summed E-state index contributed by atoms with van der Waals surface area (Å²) in [5.41, 5.74) is 0.472. The van der Waals surface area contributed by atoms with Gasteiger partial charge in [0, 0.05) is 31.5 Å². The molecule has 0 bridgehead atoms. The fourth-order valence-corrected chi connectivity index (χ4v) is 5.09. The first-order valence-corrected chi connectivity index (χ1v) is 10.4. The molecule has 1 unspecified atom stereocenters. The molecule has 0 spiro atoms. The van der Waals surface area contributed by atoms with Crippen molar-refractivity contribution in [3.05, 3.63) is 24.3 Å². The van der Waals surface area contributed by atoms with Crippen molar-refractivity contribution in [3.63, 3.8) is 0 Å². The highest BCUT2D eigenvalue weighted by atomic mass is 32.2. The lowest BCUT2D eigenvalue weighted by Gasteiger charge is -2.31. The summed E-state index contributed by atoms with van der Waals surface area (Å²) in [6.07, 6.45) is 6.32. The van der Waals surface area contributed by atoms with Gasteiger partial charge in [0.2, 0.25) is 10.0 Å². The zero-order valence-corrected chi connectivity index (χ0v) is 14.1. The highest BCUT2D eigenvalue weighted by molar-refractivity contribution is 7.90. The van der Waals surface area contributed by atoms with Gasteiger partial charge in [0.1, 0.15) is 9.79 Å². The third-order valence-corrected chi connectivity index (χ3v) is 6.89. The molecule has 1 saturated heterocycles. The third-order valence-electron chi connectivity index (χ3n) is 3.94. The normalized spacial score (nSPS) is 20.7. The quantitative estimate of drug-likeness (QED) is 0.797. The number of sulfone groups is 1. The van der Waals surface area contributed by atoms with Crippen LogP contribution < -0.4 is 0 Å². The zero-order valence-electron chi connectivity index (χ0n) is 12.4. The lowest BCUT2D eigenvalue weighted by atomic mass is 9.96. The predicted octanol–water partition coefficient (Wildman–Crippen LogP) is 0.105. The van der Waals surface area contributed by atoms with Crippen molar-refractivity contribution in [2.75, 3.05) is 19.3 Å². The summed E-state index contributed by atoms with van der Waals surface area (Å²) in [5.74, 6) is -0.238. The minimum atomic E-state index is -3.64. The molecule has 1 aliphatic rings. The van der Waals surface area contributed by atoms with Crippen LogP contribution in [0.4, 0.5) is 0 Å². The molecule has 126 valence electrons. The summed E-state index contributed by atoms with van der Waals surface area (Å²) in [6.45, 7) is 0.602. The van der Waals surface area contributed by atoms with Crippen molar-refractivity contribution >= 4 is 19.9 Å². The van der Waals surface area contributed by atoms with Gasteiger partial charge in [-0.3, -0.25) is 10.2 Å². The van der Waals surface area contributed by atoms with Gasteiger partial charge in [-0.1, -0.05) is 0 Å². The molecule has 1 fully saturated rings. The maximum Gasteiger partial charge on any atom is 0.246 e. The number of aromatic amines is 2. The predicted molar refractivity (Wildman–Crippen MR) is 81.0 cm³/mol. The molecule has 3 rings (SSSR count). The monoisotopic (exact) mass is 359 g/mol. The highest BCUT2D eigenvalue weighted by Crippen LogP contribution is 2.32. The number of piperidine rings is 1. The van der Waals surface area contributed by atoms with Crippen molar-refractivity contribution in [3.8, 4) is 0 Å². The van der Waals surface area contributed by atoms with Gasteiger partial charge in [-0.2, -0.15) is 14.5 Å². The van der Waals surface area contributed by atoms with Crippen LogP contribution in [0.25, 0.3) is 0 Å². The fraction of sp³-hybridized carbons (Fsp3) is 0.500. The van der Waals surface area contributed by atoms with Crippen LogP contribution in [0.1, 0.15) is 24.5 Å². The second-order valence-electron chi connectivity index (χ2n) is 5.56. The van der Waals surface area contributed by atoms with Gasteiger partial charge in [-0.05, 0) is 12.8 Å². The van der Waals surface area contributed by atoms with Crippen molar-refractivity contribution in [1.82, 2.24) is 24.7 Å². The number of nitrogens with one attached hydrogen (secondary N) is 2. The van der Waals surface area contributed by atoms with E-state index in [1.165, 1.54) is 22.9 Å². The van der Waals surface area contributed by atoms with Gasteiger partial charge >= 0.3 is 0 Å².